The number of aryl methyl sites for hydroxylation is 1. The van der Waals surface area contributed by atoms with Crippen molar-refractivity contribution in [1.29, 1.82) is 0 Å². The number of ether oxygens (including phenoxy) is 1. The van der Waals surface area contributed by atoms with E-state index in [1.165, 1.54) is 0 Å². The van der Waals surface area contributed by atoms with Crippen molar-refractivity contribution >= 4 is 22.5 Å². The van der Waals surface area contributed by atoms with E-state index in [1.54, 1.807) is 13.2 Å². The zero-order valence-electron chi connectivity index (χ0n) is 15.8. The van der Waals surface area contributed by atoms with E-state index in [-0.39, 0.29) is 5.91 Å². The van der Waals surface area contributed by atoms with Gasteiger partial charge in [-0.05, 0) is 37.3 Å². The van der Waals surface area contributed by atoms with Gasteiger partial charge in [0.2, 0.25) is 0 Å². The smallest absolute Gasteiger partial charge is 0.256 e. The van der Waals surface area contributed by atoms with Gasteiger partial charge in [-0.1, -0.05) is 48.0 Å². The van der Waals surface area contributed by atoms with Crippen LogP contribution < -0.4 is 10.1 Å². The third-order valence-corrected chi connectivity index (χ3v) is 4.60. The molecule has 0 aliphatic rings. The molecule has 1 amide bonds. The number of benzene rings is 3. The first kappa shape index (κ1) is 17.7. The highest BCUT2D eigenvalue weighted by Crippen LogP contribution is 2.26. The normalized spacial score (nSPS) is 10.6. The molecule has 138 valence electrons. The zero-order chi connectivity index (χ0) is 19.5. The van der Waals surface area contributed by atoms with E-state index >= 15 is 0 Å². The van der Waals surface area contributed by atoms with E-state index < -0.39 is 0 Å². The number of aromatic nitrogens is 1. The summed E-state index contributed by atoms with van der Waals surface area (Å²) in [5, 5.41) is 3.79. The summed E-state index contributed by atoms with van der Waals surface area (Å²) in [6.45, 7) is 2.04. The molecule has 0 saturated carbocycles. The molecule has 0 atom stereocenters. The summed E-state index contributed by atoms with van der Waals surface area (Å²) >= 11 is 0. The number of fused-ring (bicyclic) bond motifs is 1. The molecule has 3 aromatic carbocycles. The Bertz CT molecular complexity index is 1170. The molecule has 4 rings (SSSR count). The van der Waals surface area contributed by atoms with Crippen LogP contribution in [0.25, 0.3) is 22.2 Å². The van der Waals surface area contributed by atoms with Gasteiger partial charge < -0.3 is 10.1 Å². The van der Waals surface area contributed by atoms with Crippen molar-refractivity contribution in [2.45, 2.75) is 6.92 Å². The van der Waals surface area contributed by atoms with Gasteiger partial charge in [0.1, 0.15) is 5.75 Å². The molecule has 28 heavy (non-hydrogen) atoms. The summed E-state index contributed by atoms with van der Waals surface area (Å²) in [4.78, 5) is 17.9. The van der Waals surface area contributed by atoms with E-state index in [4.69, 9.17) is 9.72 Å². The molecular formula is C24H20N2O2. The van der Waals surface area contributed by atoms with Gasteiger partial charge in [0.05, 0.1) is 23.9 Å². The van der Waals surface area contributed by atoms with Gasteiger partial charge in [0, 0.05) is 22.7 Å². The maximum atomic E-state index is 13.1. The second-order valence-electron chi connectivity index (χ2n) is 6.63. The third-order valence-electron chi connectivity index (χ3n) is 4.60. The van der Waals surface area contributed by atoms with Crippen LogP contribution in [0.2, 0.25) is 0 Å². The van der Waals surface area contributed by atoms with Crippen LogP contribution in [0.15, 0.2) is 78.9 Å². The molecule has 1 N–H and O–H groups in total. The number of hydrogen-bond donors (Lipinski definition) is 1. The Balaban J connectivity index is 1.79. The molecule has 4 heteroatoms. The number of nitrogens with one attached hydrogen (secondary N) is 1. The summed E-state index contributed by atoms with van der Waals surface area (Å²) in [5.74, 6) is 0.513. The molecule has 4 nitrogen and oxygen atoms in total. The highest BCUT2D eigenvalue weighted by Gasteiger charge is 2.14. The lowest BCUT2D eigenvalue weighted by molar-refractivity contribution is 0.102. The number of nitrogens with zero attached hydrogens (tertiary/aromatic N) is 1. The van der Waals surface area contributed by atoms with Gasteiger partial charge in [-0.3, -0.25) is 4.79 Å². The van der Waals surface area contributed by atoms with E-state index in [9.17, 15) is 4.79 Å². The van der Waals surface area contributed by atoms with Crippen molar-refractivity contribution in [3.63, 3.8) is 0 Å². The second kappa shape index (κ2) is 7.53. The van der Waals surface area contributed by atoms with Crippen LogP contribution in [0, 0.1) is 6.92 Å². The van der Waals surface area contributed by atoms with Crippen molar-refractivity contribution in [3.8, 4) is 17.0 Å². The number of carbonyl (C=O) groups is 1. The van der Waals surface area contributed by atoms with Crippen LogP contribution >= 0.6 is 0 Å². The maximum absolute atomic E-state index is 13.1. The fraction of sp³-hybridized carbons (Fsp3) is 0.0833. The predicted molar refractivity (Wildman–Crippen MR) is 113 cm³/mol. The van der Waals surface area contributed by atoms with Crippen molar-refractivity contribution in [2.75, 3.05) is 12.4 Å². The first-order chi connectivity index (χ1) is 13.6. The number of carbonyl (C=O) groups excluding carboxylic acids is 1. The number of methoxy groups -OCH3 is 1. The van der Waals surface area contributed by atoms with Gasteiger partial charge in [0.15, 0.2) is 0 Å². The van der Waals surface area contributed by atoms with E-state index in [0.717, 1.165) is 27.7 Å². The quantitative estimate of drug-likeness (QED) is 0.519. The molecule has 0 spiro atoms. The number of hydrogen-bond acceptors (Lipinski definition) is 3. The molecule has 0 radical (unpaired) electrons. The van der Waals surface area contributed by atoms with Gasteiger partial charge >= 0.3 is 0 Å². The largest absolute Gasteiger partial charge is 0.497 e. The average Bonchev–Trinajstić information content (AvgIpc) is 2.73. The molecule has 0 aliphatic carbocycles. The summed E-state index contributed by atoms with van der Waals surface area (Å²) in [7, 11) is 1.60. The second-order valence-corrected chi connectivity index (χ2v) is 6.63. The summed E-state index contributed by atoms with van der Waals surface area (Å²) in [6.07, 6.45) is 0. The number of para-hydroxylation sites is 1. The number of rotatable bonds is 4. The Morgan fingerprint density at radius 3 is 2.57 bits per heavy atom. The minimum absolute atomic E-state index is 0.180. The van der Waals surface area contributed by atoms with Gasteiger partial charge in [-0.15, -0.1) is 0 Å². The minimum Gasteiger partial charge on any atom is -0.497 e. The average molecular weight is 368 g/mol. The highest BCUT2D eigenvalue weighted by atomic mass is 16.5. The molecule has 0 fully saturated rings. The van der Waals surface area contributed by atoms with Crippen LogP contribution in [0.4, 0.5) is 5.69 Å². The summed E-state index contributed by atoms with van der Waals surface area (Å²) in [6, 6.07) is 25.0. The van der Waals surface area contributed by atoms with Crippen LogP contribution in [0.5, 0.6) is 5.75 Å². The lowest BCUT2D eigenvalue weighted by Gasteiger charge is -2.11. The molecule has 4 aromatic rings. The molecule has 1 heterocycles. The molecule has 0 saturated heterocycles. The highest BCUT2D eigenvalue weighted by molar-refractivity contribution is 6.13. The standard InChI is InChI=1S/C24H20N2O2/c1-16-7-5-8-17(13-16)23-15-21(20-11-3-4-12-22(20)26-23)24(27)25-18-9-6-10-19(14-18)28-2/h3-15H,1-2H3,(H,25,27). The molecule has 0 aliphatic heterocycles. The molecule has 0 unspecified atom stereocenters. The van der Waals surface area contributed by atoms with Gasteiger partial charge in [0.25, 0.3) is 5.91 Å². The topological polar surface area (TPSA) is 51.2 Å². The van der Waals surface area contributed by atoms with Gasteiger partial charge in [-0.2, -0.15) is 0 Å². The van der Waals surface area contributed by atoms with Crippen LogP contribution in [-0.2, 0) is 0 Å². The Morgan fingerprint density at radius 1 is 0.929 bits per heavy atom. The predicted octanol–water partition coefficient (Wildman–Crippen LogP) is 5.47. The monoisotopic (exact) mass is 368 g/mol. The number of amides is 1. The summed E-state index contributed by atoms with van der Waals surface area (Å²) in [5.41, 5.74) is 4.97. The molecular weight excluding hydrogens is 348 g/mol. The molecule has 1 aromatic heterocycles. The molecule has 0 bridgehead atoms. The SMILES string of the molecule is COc1cccc(NC(=O)c2cc(-c3cccc(C)c3)nc3ccccc23)c1. The summed E-state index contributed by atoms with van der Waals surface area (Å²) < 4.78 is 5.24. The lowest BCUT2D eigenvalue weighted by Crippen LogP contribution is -2.13. The Morgan fingerprint density at radius 2 is 1.75 bits per heavy atom. The number of anilines is 1. The first-order valence-corrected chi connectivity index (χ1v) is 9.06. The van der Waals surface area contributed by atoms with E-state index in [0.29, 0.717) is 17.0 Å². The fourth-order valence-electron chi connectivity index (χ4n) is 3.21. The van der Waals surface area contributed by atoms with Crippen LogP contribution in [-0.4, -0.2) is 18.0 Å². The van der Waals surface area contributed by atoms with Crippen molar-refractivity contribution in [1.82, 2.24) is 4.98 Å². The minimum atomic E-state index is -0.180. The van der Waals surface area contributed by atoms with Crippen molar-refractivity contribution in [2.24, 2.45) is 0 Å². The third kappa shape index (κ3) is 3.58. The van der Waals surface area contributed by atoms with Crippen molar-refractivity contribution in [3.05, 3.63) is 90.0 Å². The lowest BCUT2D eigenvalue weighted by atomic mass is 10.0. The Hall–Kier alpha value is -3.66. The maximum Gasteiger partial charge on any atom is 0.256 e. The Kier molecular flexibility index (Phi) is 4.77. The van der Waals surface area contributed by atoms with Gasteiger partial charge in [-0.25, -0.2) is 4.98 Å². The van der Waals surface area contributed by atoms with E-state index in [1.807, 2.05) is 73.7 Å². The number of pyridine rings is 1. The van der Waals surface area contributed by atoms with Crippen molar-refractivity contribution < 1.29 is 9.53 Å². The van der Waals surface area contributed by atoms with Crippen LogP contribution in [0.1, 0.15) is 15.9 Å². The fourth-order valence-corrected chi connectivity index (χ4v) is 3.21. The zero-order valence-corrected chi connectivity index (χ0v) is 15.8. The first-order valence-electron chi connectivity index (χ1n) is 9.06. The Labute approximate surface area is 163 Å². The van der Waals surface area contributed by atoms with Crippen LogP contribution in [0.3, 0.4) is 0 Å². The van der Waals surface area contributed by atoms with E-state index in [2.05, 4.69) is 11.4 Å².